The monoisotopic (exact) mass is 285 g/mol. The number of methoxy groups -OCH3 is 1. The van der Waals surface area contributed by atoms with Gasteiger partial charge in [0.15, 0.2) is 5.78 Å². The van der Waals surface area contributed by atoms with Crippen molar-refractivity contribution in [1.82, 2.24) is 4.90 Å². The third-order valence-corrected chi connectivity index (χ3v) is 3.32. The van der Waals surface area contributed by atoms with Gasteiger partial charge in [0, 0.05) is 13.0 Å². The number of ketones is 1. The van der Waals surface area contributed by atoms with Gasteiger partial charge in [-0.25, -0.2) is 4.79 Å². The summed E-state index contributed by atoms with van der Waals surface area (Å²) >= 11 is 0. The number of nitrogens with zero attached hydrogens (tertiary/aromatic N) is 1. The van der Waals surface area contributed by atoms with Crippen molar-refractivity contribution in [3.05, 3.63) is 0 Å². The van der Waals surface area contributed by atoms with Gasteiger partial charge < -0.3 is 9.47 Å². The minimum Gasteiger partial charge on any atom is -0.469 e. The van der Waals surface area contributed by atoms with E-state index in [0.717, 1.165) is 0 Å². The first-order valence-electron chi connectivity index (χ1n) is 6.61. The van der Waals surface area contributed by atoms with Crippen LogP contribution in [0.5, 0.6) is 0 Å². The van der Waals surface area contributed by atoms with E-state index in [1.165, 1.54) is 12.0 Å². The zero-order chi connectivity index (χ0) is 15.7. The highest BCUT2D eigenvalue weighted by atomic mass is 16.6. The molecule has 1 saturated heterocycles. The second-order valence-electron chi connectivity index (χ2n) is 6.48. The van der Waals surface area contributed by atoms with Gasteiger partial charge in [-0.3, -0.25) is 14.5 Å². The van der Waals surface area contributed by atoms with Crippen LogP contribution in [-0.4, -0.2) is 48.0 Å². The van der Waals surface area contributed by atoms with Crippen molar-refractivity contribution in [3.63, 3.8) is 0 Å². The van der Waals surface area contributed by atoms with Crippen LogP contribution in [0, 0.1) is 5.41 Å². The van der Waals surface area contributed by atoms with Crippen molar-refractivity contribution in [3.8, 4) is 0 Å². The fraction of sp³-hybridized carbons (Fsp3) is 0.786. The molecule has 114 valence electrons. The number of piperidine rings is 1. The molecule has 6 heteroatoms. The van der Waals surface area contributed by atoms with Crippen molar-refractivity contribution < 1.29 is 23.9 Å². The lowest BCUT2D eigenvalue weighted by atomic mass is 9.79. The first-order chi connectivity index (χ1) is 9.00. The number of hydrogen-bond donors (Lipinski definition) is 0. The number of amides is 1. The molecule has 2 atom stereocenters. The van der Waals surface area contributed by atoms with Crippen LogP contribution < -0.4 is 0 Å². The molecule has 0 aromatic heterocycles. The standard InChI is InChI=1S/C14H23NO5/c1-9-10(16)7-14(5,11(17)19-6)8-15(9)12(18)20-13(2,3)4/h9H,7-8H2,1-6H3/t9-,14?/m1/s1. The number of rotatable bonds is 1. The fourth-order valence-corrected chi connectivity index (χ4v) is 2.20. The van der Waals surface area contributed by atoms with E-state index in [0.29, 0.717) is 0 Å². The number of Topliss-reactive ketones (excluding diaryl/α,β-unsaturated/α-hetero) is 1. The Morgan fingerprint density at radius 3 is 2.35 bits per heavy atom. The van der Waals surface area contributed by atoms with Crippen molar-refractivity contribution in [1.29, 1.82) is 0 Å². The van der Waals surface area contributed by atoms with Gasteiger partial charge >= 0.3 is 12.1 Å². The predicted octanol–water partition coefficient (Wildman–Crippen LogP) is 1.76. The molecular formula is C14H23NO5. The zero-order valence-electron chi connectivity index (χ0n) is 13.0. The molecular weight excluding hydrogens is 262 g/mol. The average molecular weight is 285 g/mol. The molecule has 0 aromatic rings. The summed E-state index contributed by atoms with van der Waals surface area (Å²) in [6.07, 6.45) is -0.520. The number of hydrogen-bond acceptors (Lipinski definition) is 5. The van der Waals surface area contributed by atoms with E-state index in [1.807, 2.05) is 0 Å². The summed E-state index contributed by atoms with van der Waals surface area (Å²) in [6.45, 7) is 8.63. The first kappa shape index (κ1) is 16.5. The van der Waals surface area contributed by atoms with E-state index >= 15 is 0 Å². The molecule has 0 aromatic carbocycles. The maximum absolute atomic E-state index is 12.2. The second-order valence-corrected chi connectivity index (χ2v) is 6.48. The van der Waals surface area contributed by atoms with Gasteiger partial charge in [-0.05, 0) is 34.6 Å². The molecule has 6 nitrogen and oxygen atoms in total. The van der Waals surface area contributed by atoms with Crippen LogP contribution in [0.3, 0.4) is 0 Å². The summed E-state index contributed by atoms with van der Waals surface area (Å²) in [7, 11) is 1.27. The van der Waals surface area contributed by atoms with E-state index in [-0.39, 0.29) is 18.7 Å². The minimum absolute atomic E-state index is 0.0696. The SMILES string of the molecule is COC(=O)C1(C)CC(=O)[C@@H](C)N(C(=O)OC(C)(C)C)C1. The van der Waals surface area contributed by atoms with Gasteiger partial charge in [-0.15, -0.1) is 0 Å². The molecule has 1 amide bonds. The third kappa shape index (κ3) is 3.49. The summed E-state index contributed by atoms with van der Waals surface area (Å²) in [5.74, 6) is -0.665. The van der Waals surface area contributed by atoms with Crippen LogP contribution >= 0.6 is 0 Å². The molecule has 1 fully saturated rings. The van der Waals surface area contributed by atoms with E-state index in [4.69, 9.17) is 9.47 Å². The van der Waals surface area contributed by atoms with E-state index in [2.05, 4.69) is 0 Å². The molecule has 0 radical (unpaired) electrons. The van der Waals surface area contributed by atoms with Crippen LogP contribution in [0.4, 0.5) is 4.79 Å². The van der Waals surface area contributed by atoms with Crippen LogP contribution in [0.2, 0.25) is 0 Å². The van der Waals surface area contributed by atoms with Crippen molar-refractivity contribution in [2.45, 2.75) is 52.7 Å². The fourth-order valence-electron chi connectivity index (χ4n) is 2.20. The predicted molar refractivity (Wildman–Crippen MR) is 72.1 cm³/mol. The molecule has 1 unspecified atom stereocenters. The number of likely N-dealkylation sites (tertiary alicyclic amines) is 1. The van der Waals surface area contributed by atoms with Crippen LogP contribution in [0.15, 0.2) is 0 Å². The Balaban J connectivity index is 2.97. The molecule has 0 saturated carbocycles. The van der Waals surface area contributed by atoms with E-state index in [1.54, 1.807) is 34.6 Å². The largest absolute Gasteiger partial charge is 0.469 e. The lowest BCUT2D eigenvalue weighted by molar-refractivity contribution is -0.159. The van der Waals surface area contributed by atoms with Crippen molar-refractivity contribution in [2.75, 3.05) is 13.7 Å². The molecule has 1 heterocycles. The molecule has 1 aliphatic rings. The average Bonchev–Trinajstić information content (AvgIpc) is 2.30. The summed E-state index contributed by atoms with van der Waals surface area (Å²) < 4.78 is 10.0. The molecule has 1 aliphatic heterocycles. The third-order valence-electron chi connectivity index (χ3n) is 3.32. The molecule has 0 bridgehead atoms. The Morgan fingerprint density at radius 2 is 1.90 bits per heavy atom. The van der Waals surface area contributed by atoms with Gasteiger partial charge in [0.2, 0.25) is 0 Å². The Kier molecular flexibility index (Phi) is 4.46. The van der Waals surface area contributed by atoms with Gasteiger partial charge in [0.05, 0.1) is 18.6 Å². The van der Waals surface area contributed by atoms with Crippen molar-refractivity contribution in [2.24, 2.45) is 5.41 Å². The number of esters is 1. The summed E-state index contributed by atoms with van der Waals surface area (Å²) in [5, 5.41) is 0. The highest BCUT2D eigenvalue weighted by Gasteiger charge is 2.47. The maximum Gasteiger partial charge on any atom is 0.410 e. The molecule has 0 N–H and O–H groups in total. The van der Waals surface area contributed by atoms with E-state index < -0.39 is 29.1 Å². The summed E-state index contributed by atoms with van der Waals surface area (Å²) in [5.41, 5.74) is -1.67. The van der Waals surface area contributed by atoms with Gasteiger partial charge in [-0.1, -0.05) is 0 Å². The summed E-state index contributed by atoms with van der Waals surface area (Å²) in [4.78, 5) is 37.4. The van der Waals surface area contributed by atoms with Crippen molar-refractivity contribution >= 4 is 17.8 Å². The first-order valence-corrected chi connectivity index (χ1v) is 6.61. The summed E-state index contributed by atoms with van der Waals surface area (Å²) in [6, 6.07) is -0.595. The molecule has 1 rings (SSSR count). The Bertz CT molecular complexity index is 426. The highest BCUT2D eigenvalue weighted by molar-refractivity contribution is 5.94. The number of carbonyl (C=O) groups excluding carboxylic acids is 3. The Morgan fingerprint density at radius 1 is 1.35 bits per heavy atom. The van der Waals surface area contributed by atoms with Gasteiger partial charge in [-0.2, -0.15) is 0 Å². The Hall–Kier alpha value is -1.59. The topological polar surface area (TPSA) is 72.9 Å². The highest BCUT2D eigenvalue weighted by Crippen LogP contribution is 2.32. The van der Waals surface area contributed by atoms with Gasteiger partial charge in [0.1, 0.15) is 5.60 Å². The second kappa shape index (κ2) is 5.42. The quantitative estimate of drug-likeness (QED) is 0.686. The normalized spacial score (nSPS) is 27.2. The maximum atomic E-state index is 12.2. The van der Waals surface area contributed by atoms with Crippen LogP contribution in [0.25, 0.3) is 0 Å². The van der Waals surface area contributed by atoms with Gasteiger partial charge in [0.25, 0.3) is 0 Å². The number of ether oxygens (including phenoxy) is 2. The van der Waals surface area contributed by atoms with Crippen LogP contribution in [0.1, 0.15) is 41.0 Å². The molecule has 0 aliphatic carbocycles. The lowest BCUT2D eigenvalue weighted by Crippen LogP contribution is -2.57. The Labute approximate surface area is 119 Å². The minimum atomic E-state index is -1.02. The lowest BCUT2D eigenvalue weighted by Gasteiger charge is -2.41. The zero-order valence-corrected chi connectivity index (χ0v) is 13.0. The smallest absolute Gasteiger partial charge is 0.410 e. The van der Waals surface area contributed by atoms with Crippen LogP contribution in [-0.2, 0) is 19.1 Å². The molecule has 0 spiro atoms. The molecule has 20 heavy (non-hydrogen) atoms. The van der Waals surface area contributed by atoms with E-state index in [9.17, 15) is 14.4 Å². The number of carbonyl (C=O) groups is 3.